The van der Waals surface area contributed by atoms with E-state index in [1.165, 1.54) is 12.1 Å². The van der Waals surface area contributed by atoms with Gasteiger partial charge in [0.05, 0.1) is 5.02 Å². The van der Waals surface area contributed by atoms with Crippen LogP contribution >= 0.6 is 39.1 Å². The monoisotopic (exact) mass is 373 g/mol. The van der Waals surface area contributed by atoms with Crippen molar-refractivity contribution >= 4 is 49.2 Å². The van der Waals surface area contributed by atoms with E-state index in [4.69, 9.17) is 23.2 Å². The van der Waals surface area contributed by atoms with E-state index in [0.29, 0.717) is 11.6 Å². The summed E-state index contributed by atoms with van der Waals surface area (Å²) in [6, 6.07) is 4.36. The fraction of sp³-hybridized carbons (Fsp3) is 0.455. The Morgan fingerprint density at radius 1 is 1.39 bits per heavy atom. The fourth-order valence-electron chi connectivity index (χ4n) is 1.38. The topological polar surface area (TPSA) is 46.2 Å². The highest BCUT2D eigenvalue weighted by Gasteiger charge is 2.19. The molecule has 0 saturated carbocycles. The number of halogens is 3. The standard InChI is InChI=1S/C11H14BrCl2NO2S/c1-2-3-8(12)7-15-18(16,17)11-6-9(13)4-5-10(11)14/h4-6,8,15H,2-3,7H2,1H3. The van der Waals surface area contributed by atoms with E-state index >= 15 is 0 Å². The molecule has 1 rings (SSSR count). The molecule has 7 heteroatoms. The van der Waals surface area contributed by atoms with Crippen molar-refractivity contribution in [2.75, 3.05) is 6.54 Å². The number of rotatable bonds is 6. The van der Waals surface area contributed by atoms with E-state index in [9.17, 15) is 8.42 Å². The lowest BCUT2D eigenvalue weighted by Gasteiger charge is -2.11. The van der Waals surface area contributed by atoms with Gasteiger partial charge >= 0.3 is 0 Å². The summed E-state index contributed by atoms with van der Waals surface area (Å²) in [4.78, 5) is 0.114. The fourth-order valence-corrected chi connectivity index (χ4v) is 4.05. The summed E-state index contributed by atoms with van der Waals surface area (Å²) < 4.78 is 26.6. The zero-order valence-electron chi connectivity index (χ0n) is 9.79. The van der Waals surface area contributed by atoms with Crippen LogP contribution in [0.15, 0.2) is 23.1 Å². The molecule has 0 radical (unpaired) electrons. The number of hydrogen-bond acceptors (Lipinski definition) is 2. The maximum atomic E-state index is 12.0. The summed E-state index contributed by atoms with van der Waals surface area (Å²) in [5, 5.41) is 0.497. The largest absolute Gasteiger partial charge is 0.242 e. The Balaban J connectivity index is 2.83. The number of nitrogens with one attached hydrogen (secondary N) is 1. The van der Waals surface area contributed by atoms with Gasteiger partial charge in [0.15, 0.2) is 0 Å². The molecule has 0 amide bonds. The van der Waals surface area contributed by atoms with Crippen molar-refractivity contribution in [3.63, 3.8) is 0 Å². The van der Waals surface area contributed by atoms with Crippen LogP contribution in [-0.4, -0.2) is 19.8 Å². The van der Waals surface area contributed by atoms with Crippen molar-refractivity contribution in [2.45, 2.75) is 29.5 Å². The Hall–Kier alpha value is 0.190. The van der Waals surface area contributed by atoms with Crippen LogP contribution in [0.2, 0.25) is 10.0 Å². The van der Waals surface area contributed by atoms with Gasteiger partial charge in [-0.25, -0.2) is 13.1 Å². The molecule has 1 unspecified atom stereocenters. The van der Waals surface area contributed by atoms with Gasteiger partial charge in [-0.15, -0.1) is 0 Å². The first-order valence-corrected chi connectivity index (χ1v) is 8.61. The van der Waals surface area contributed by atoms with Crippen LogP contribution in [0.1, 0.15) is 19.8 Å². The average Bonchev–Trinajstić information content (AvgIpc) is 2.30. The lowest BCUT2D eigenvalue weighted by atomic mass is 10.2. The first kappa shape index (κ1) is 16.2. The SMILES string of the molecule is CCCC(Br)CNS(=O)(=O)c1cc(Cl)ccc1Cl. The molecule has 0 fully saturated rings. The van der Waals surface area contributed by atoms with Crippen molar-refractivity contribution in [1.82, 2.24) is 4.72 Å². The molecular weight excluding hydrogens is 361 g/mol. The molecule has 1 N–H and O–H groups in total. The van der Waals surface area contributed by atoms with Crippen molar-refractivity contribution in [2.24, 2.45) is 0 Å². The average molecular weight is 375 g/mol. The number of alkyl halides is 1. The van der Waals surface area contributed by atoms with Crippen LogP contribution in [0.3, 0.4) is 0 Å². The van der Waals surface area contributed by atoms with Gasteiger partial charge in [-0.2, -0.15) is 0 Å². The second-order valence-corrected chi connectivity index (χ2v) is 7.69. The normalized spacial score (nSPS) is 13.6. The summed E-state index contributed by atoms with van der Waals surface area (Å²) in [7, 11) is -3.62. The van der Waals surface area contributed by atoms with Gasteiger partial charge in [0.25, 0.3) is 0 Å². The predicted molar refractivity (Wildman–Crippen MR) is 79.3 cm³/mol. The highest BCUT2D eigenvalue weighted by molar-refractivity contribution is 9.09. The van der Waals surface area contributed by atoms with E-state index in [1.54, 1.807) is 6.07 Å². The smallest absolute Gasteiger partial charge is 0.210 e. The first-order valence-electron chi connectivity index (χ1n) is 5.45. The number of benzene rings is 1. The summed E-state index contributed by atoms with van der Waals surface area (Å²) in [6.07, 6.45) is 1.88. The van der Waals surface area contributed by atoms with E-state index in [1.807, 2.05) is 6.92 Å². The Labute approximate surface area is 126 Å². The van der Waals surface area contributed by atoms with Crippen LogP contribution in [0.25, 0.3) is 0 Å². The van der Waals surface area contributed by atoms with Gasteiger partial charge in [-0.1, -0.05) is 52.5 Å². The van der Waals surface area contributed by atoms with E-state index in [-0.39, 0.29) is 14.7 Å². The third kappa shape index (κ3) is 4.70. The highest BCUT2D eigenvalue weighted by Crippen LogP contribution is 2.24. The minimum Gasteiger partial charge on any atom is -0.210 e. The van der Waals surface area contributed by atoms with E-state index in [2.05, 4.69) is 20.7 Å². The zero-order valence-corrected chi connectivity index (χ0v) is 13.7. The third-order valence-corrected chi connectivity index (χ3v) is 5.20. The number of hydrogen-bond donors (Lipinski definition) is 1. The molecular formula is C11H14BrCl2NO2S. The minimum absolute atomic E-state index is 0.00728. The molecule has 0 aliphatic heterocycles. The second-order valence-electron chi connectivity index (χ2n) is 3.81. The van der Waals surface area contributed by atoms with Crippen LogP contribution in [0.5, 0.6) is 0 Å². The molecule has 1 aromatic carbocycles. The summed E-state index contributed by atoms with van der Waals surface area (Å²) >= 11 is 15.1. The Morgan fingerprint density at radius 3 is 2.67 bits per heavy atom. The lowest BCUT2D eigenvalue weighted by Crippen LogP contribution is -2.29. The van der Waals surface area contributed by atoms with Crippen molar-refractivity contribution < 1.29 is 8.42 Å². The molecule has 0 aliphatic rings. The summed E-state index contributed by atoms with van der Waals surface area (Å²) in [5.41, 5.74) is 0. The van der Waals surface area contributed by atoms with E-state index in [0.717, 1.165) is 12.8 Å². The Bertz CT molecular complexity index is 508. The predicted octanol–water partition coefficient (Wildman–Crippen LogP) is 3.84. The van der Waals surface area contributed by atoms with Crippen LogP contribution < -0.4 is 4.72 Å². The molecule has 0 spiro atoms. The summed E-state index contributed by atoms with van der Waals surface area (Å²) in [5.74, 6) is 0. The van der Waals surface area contributed by atoms with Gasteiger partial charge in [-0.3, -0.25) is 0 Å². The maximum absolute atomic E-state index is 12.0. The Morgan fingerprint density at radius 2 is 2.06 bits per heavy atom. The molecule has 0 aromatic heterocycles. The first-order chi connectivity index (χ1) is 8.36. The van der Waals surface area contributed by atoms with E-state index < -0.39 is 10.0 Å². The minimum atomic E-state index is -3.62. The van der Waals surface area contributed by atoms with Crippen molar-refractivity contribution in [3.8, 4) is 0 Å². The van der Waals surface area contributed by atoms with Gasteiger partial charge in [0.1, 0.15) is 4.90 Å². The lowest BCUT2D eigenvalue weighted by molar-refractivity contribution is 0.578. The van der Waals surface area contributed by atoms with Crippen molar-refractivity contribution in [3.05, 3.63) is 28.2 Å². The molecule has 0 saturated heterocycles. The molecule has 3 nitrogen and oxygen atoms in total. The van der Waals surface area contributed by atoms with Gasteiger partial charge in [-0.05, 0) is 24.6 Å². The van der Waals surface area contributed by atoms with Gasteiger partial charge < -0.3 is 0 Å². The quantitative estimate of drug-likeness (QED) is 0.769. The third-order valence-electron chi connectivity index (χ3n) is 2.28. The molecule has 18 heavy (non-hydrogen) atoms. The molecule has 1 aromatic rings. The van der Waals surface area contributed by atoms with Crippen LogP contribution in [-0.2, 0) is 10.0 Å². The Kier molecular flexibility index (Phi) is 6.41. The molecule has 102 valence electrons. The van der Waals surface area contributed by atoms with Crippen LogP contribution in [0, 0.1) is 0 Å². The summed E-state index contributed by atoms with van der Waals surface area (Å²) in [6.45, 7) is 2.36. The molecule has 0 aliphatic carbocycles. The van der Waals surface area contributed by atoms with Gasteiger partial charge in [0, 0.05) is 16.4 Å². The molecule has 1 atom stereocenters. The number of sulfonamides is 1. The highest BCUT2D eigenvalue weighted by atomic mass is 79.9. The molecule has 0 bridgehead atoms. The molecule has 0 heterocycles. The maximum Gasteiger partial charge on any atom is 0.242 e. The van der Waals surface area contributed by atoms with Gasteiger partial charge in [0.2, 0.25) is 10.0 Å². The van der Waals surface area contributed by atoms with Crippen LogP contribution in [0.4, 0.5) is 0 Å². The van der Waals surface area contributed by atoms with Crippen molar-refractivity contribution in [1.29, 1.82) is 0 Å². The second kappa shape index (κ2) is 7.10. The zero-order chi connectivity index (χ0) is 13.8.